The summed E-state index contributed by atoms with van der Waals surface area (Å²) in [7, 11) is 0. The van der Waals surface area contributed by atoms with E-state index < -0.39 is 5.97 Å². The van der Waals surface area contributed by atoms with Crippen molar-refractivity contribution in [3.63, 3.8) is 0 Å². The molecule has 0 bridgehead atoms. The number of hydrogen-bond donors (Lipinski definition) is 4. The molecule has 8 nitrogen and oxygen atoms in total. The van der Waals surface area contributed by atoms with Gasteiger partial charge in [-0.25, -0.2) is 5.84 Å². The predicted molar refractivity (Wildman–Crippen MR) is 31.6 cm³/mol. The number of nitrogens with zero attached hydrogens (tertiary/aromatic N) is 1. The van der Waals surface area contributed by atoms with Crippen LogP contribution in [0.1, 0.15) is 13.3 Å². The van der Waals surface area contributed by atoms with Gasteiger partial charge < -0.3 is 4.84 Å². The highest BCUT2D eigenvalue weighted by molar-refractivity contribution is 5.68. The Hall–Kier alpha value is -0.770. The quantitative estimate of drug-likeness (QED) is 0.284. The van der Waals surface area contributed by atoms with Gasteiger partial charge in [-0.3, -0.25) is 10.0 Å². The maximum Gasteiger partial charge on any atom is 0.329 e. The Morgan fingerprint density at radius 2 is 2.45 bits per heavy atom. The summed E-state index contributed by atoms with van der Waals surface area (Å²) < 4.78 is 0. The van der Waals surface area contributed by atoms with E-state index in [9.17, 15) is 4.79 Å². The lowest BCUT2D eigenvalue weighted by molar-refractivity contribution is -0.405. The standard InChI is InChI=1S/C3H10N4O4/c1-2-3(8)10-7(9)6-11-5-4/h5-6,9H,2,4H2,1H3. The van der Waals surface area contributed by atoms with Crippen molar-refractivity contribution in [1.82, 2.24) is 16.5 Å². The zero-order valence-electron chi connectivity index (χ0n) is 5.90. The molecule has 0 aliphatic carbocycles. The molecule has 0 aliphatic heterocycles. The van der Waals surface area contributed by atoms with Crippen molar-refractivity contribution in [3.8, 4) is 0 Å². The molecule has 66 valence electrons. The minimum absolute atomic E-state index is 0.0221. The van der Waals surface area contributed by atoms with Crippen LogP contribution >= 0.6 is 0 Å². The summed E-state index contributed by atoms with van der Waals surface area (Å²) in [5.41, 5.74) is 3.39. The van der Waals surface area contributed by atoms with Crippen LogP contribution < -0.4 is 17.0 Å². The van der Waals surface area contributed by atoms with E-state index >= 15 is 0 Å². The van der Waals surface area contributed by atoms with E-state index in [0.29, 0.717) is 0 Å². The average molecular weight is 166 g/mol. The van der Waals surface area contributed by atoms with E-state index in [4.69, 9.17) is 5.21 Å². The minimum atomic E-state index is -0.624. The van der Waals surface area contributed by atoms with Crippen molar-refractivity contribution < 1.29 is 19.8 Å². The van der Waals surface area contributed by atoms with Gasteiger partial charge in [-0.15, -0.1) is 5.59 Å². The third kappa shape index (κ3) is 5.66. The molecule has 8 heteroatoms. The number of hydrazine groups is 2. The van der Waals surface area contributed by atoms with Gasteiger partial charge in [-0.05, 0) is 0 Å². The average Bonchev–Trinajstić information content (AvgIpc) is 2.00. The Morgan fingerprint density at radius 3 is 2.91 bits per heavy atom. The molecule has 0 saturated heterocycles. The fraction of sp³-hybridized carbons (Fsp3) is 0.667. The van der Waals surface area contributed by atoms with Crippen molar-refractivity contribution >= 4 is 5.97 Å². The van der Waals surface area contributed by atoms with Gasteiger partial charge in [0, 0.05) is 6.42 Å². The van der Waals surface area contributed by atoms with Crippen LogP contribution in [0, 0.1) is 0 Å². The van der Waals surface area contributed by atoms with Crippen LogP contribution in [0.2, 0.25) is 0 Å². The topological polar surface area (TPSA) is 109 Å². The lowest BCUT2D eigenvalue weighted by atomic mass is 10.5. The maximum absolute atomic E-state index is 10.4. The molecule has 0 aromatic carbocycles. The highest BCUT2D eigenvalue weighted by atomic mass is 17.0. The fourth-order valence-electron chi connectivity index (χ4n) is 0.245. The Kier molecular flexibility index (Phi) is 5.56. The molecule has 0 spiro atoms. The zero-order valence-corrected chi connectivity index (χ0v) is 5.90. The summed E-state index contributed by atoms with van der Waals surface area (Å²) >= 11 is 0. The number of carbonyl (C=O) groups excluding carboxylic acids is 1. The van der Waals surface area contributed by atoms with Crippen LogP contribution in [0.4, 0.5) is 0 Å². The summed E-state index contributed by atoms with van der Waals surface area (Å²) in [6, 6.07) is 0. The van der Waals surface area contributed by atoms with Gasteiger partial charge in [0.1, 0.15) is 0 Å². The molecule has 0 radical (unpaired) electrons. The molecular formula is C3H10N4O4. The van der Waals surface area contributed by atoms with Gasteiger partial charge in [0.2, 0.25) is 0 Å². The first kappa shape index (κ1) is 10.2. The van der Waals surface area contributed by atoms with E-state index in [1.165, 1.54) is 0 Å². The second-order valence-corrected chi connectivity index (χ2v) is 1.40. The highest BCUT2D eigenvalue weighted by Crippen LogP contribution is 1.84. The van der Waals surface area contributed by atoms with Gasteiger partial charge in [0.05, 0.1) is 5.34 Å². The smallest absolute Gasteiger partial charge is 0.326 e. The largest absolute Gasteiger partial charge is 0.329 e. The first-order valence-electron chi connectivity index (χ1n) is 2.77. The summed E-state index contributed by atoms with van der Waals surface area (Å²) in [6.45, 7) is 1.57. The van der Waals surface area contributed by atoms with Crippen LogP contribution in [-0.4, -0.2) is 16.5 Å². The normalized spacial score (nSPS) is 10.2. The second-order valence-electron chi connectivity index (χ2n) is 1.40. The lowest BCUT2D eigenvalue weighted by Gasteiger charge is -2.11. The molecule has 0 amide bonds. The molecule has 0 aromatic rings. The number of hydrogen-bond acceptors (Lipinski definition) is 8. The van der Waals surface area contributed by atoms with E-state index in [2.05, 4.69) is 15.6 Å². The number of nitrogens with two attached hydrogens (primary N) is 1. The Bertz CT molecular complexity index is 120. The molecular weight excluding hydrogens is 156 g/mol. The first-order chi connectivity index (χ1) is 5.20. The summed E-state index contributed by atoms with van der Waals surface area (Å²) in [4.78, 5) is 18.6. The number of carbonyl (C=O) groups is 1. The van der Waals surface area contributed by atoms with Crippen molar-refractivity contribution in [2.45, 2.75) is 13.3 Å². The van der Waals surface area contributed by atoms with Gasteiger partial charge in [0.15, 0.2) is 0 Å². The number of nitrogens with one attached hydrogen (secondary N) is 2. The third-order valence-corrected chi connectivity index (χ3v) is 0.660. The minimum Gasteiger partial charge on any atom is -0.326 e. The van der Waals surface area contributed by atoms with Crippen LogP contribution in [0.5, 0.6) is 0 Å². The maximum atomic E-state index is 10.4. The van der Waals surface area contributed by atoms with Crippen molar-refractivity contribution in [3.05, 3.63) is 0 Å². The fourth-order valence-corrected chi connectivity index (χ4v) is 0.245. The molecule has 0 saturated carbocycles. The molecule has 0 atom stereocenters. The monoisotopic (exact) mass is 166 g/mol. The predicted octanol–water partition coefficient (Wildman–Crippen LogP) is -1.64. The summed E-state index contributed by atoms with van der Waals surface area (Å²) in [5.74, 6) is 4.00. The Labute approximate surface area is 62.6 Å². The van der Waals surface area contributed by atoms with Crippen LogP contribution in [0.25, 0.3) is 0 Å². The second kappa shape index (κ2) is 5.97. The SMILES string of the molecule is CCC(=O)ON(O)NONN. The van der Waals surface area contributed by atoms with Crippen molar-refractivity contribution in [2.75, 3.05) is 0 Å². The molecule has 0 aliphatic rings. The highest BCUT2D eigenvalue weighted by Gasteiger charge is 2.05. The van der Waals surface area contributed by atoms with Crippen molar-refractivity contribution in [1.29, 1.82) is 0 Å². The molecule has 0 fully saturated rings. The Balaban J connectivity index is 3.35. The van der Waals surface area contributed by atoms with Gasteiger partial charge in [0.25, 0.3) is 0 Å². The summed E-state index contributed by atoms with van der Waals surface area (Å²) in [5, 5.41) is 8.52. The lowest BCUT2D eigenvalue weighted by Crippen LogP contribution is -2.42. The van der Waals surface area contributed by atoms with E-state index in [1.807, 2.05) is 0 Å². The zero-order chi connectivity index (χ0) is 8.69. The summed E-state index contributed by atoms with van der Waals surface area (Å²) in [6.07, 6.45) is 0.134. The Morgan fingerprint density at radius 1 is 1.82 bits per heavy atom. The number of rotatable bonds is 5. The molecule has 5 N–H and O–H groups in total. The van der Waals surface area contributed by atoms with E-state index in [-0.39, 0.29) is 11.8 Å². The molecule has 0 aromatic heterocycles. The molecule has 0 heterocycles. The van der Waals surface area contributed by atoms with E-state index in [0.717, 1.165) is 0 Å². The van der Waals surface area contributed by atoms with E-state index in [1.54, 1.807) is 18.1 Å². The molecule has 11 heavy (non-hydrogen) atoms. The molecule has 0 rings (SSSR count). The van der Waals surface area contributed by atoms with Gasteiger partial charge in [-0.2, -0.15) is 4.94 Å². The van der Waals surface area contributed by atoms with Crippen LogP contribution in [0.15, 0.2) is 0 Å². The molecule has 0 unspecified atom stereocenters. The van der Waals surface area contributed by atoms with Crippen molar-refractivity contribution in [2.24, 2.45) is 5.84 Å². The van der Waals surface area contributed by atoms with Gasteiger partial charge >= 0.3 is 5.97 Å². The third-order valence-electron chi connectivity index (χ3n) is 0.660. The van der Waals surface area contributed by atoms with Gasteiger partial charge in [-0.1, -0.05) is 12.5 Å². The van der Waals surface area contributed by atoms with Crippen LogP contribution in [0.3, 0.4) is 0 Å². The van der Waals surface area contributed by atoms with Crippen LogP contribution in [-0.2, 0) is 14.6 Å². The first-order valence-corrected chi connectivity index (χ1v) is 2.77.